The molecule has 0 aromatic heterocycles. The largest absolute Gasteiger partial charge is 0.548 e. The molecular formula is C17H27N3O5P+. The van der Waals surface area contributed by atoms with Crippen LogP contribution in [0.5, 0.6) is 0 Å². The van der Waals surface area contributed by atoms with E-state index >= 15 is 0 Å². The van der Waals surface area contributed by atoms with Crippen LogP contribution in [0.1, 0.15) is 26.7 Å². The van der Waals surface area contributed by atoms with Crippen LogP contribution < -0.4 is 10.6 Å². The van der Waals surface area contributed by atoms with Crippen molar-refractivity contribution in [3.8, 4) is 0 Å². The molecule has 1 heterocycles. The quantitative estimate of drug-likeness (QED) is 0.376. The molecule has 0 saturated carbocycles. The Balaban J connectivity index is 2.05. The number of nitrogens with zero attached hydrogens (tertiary/aromatic N) is 2. The predicted molar refractivity (Wildman–Crippen MR) is 102 cm³/mol. The van der Waals surface area contributed by atoms with Gasteiger partial charge in [-0.1, -0.05) is 6.92 Å². The summed E-state index contributed by atoms with van der Waals surface area (Å²) < 4.78 is 22.4. The molecule has 0 spiro atoms. The van der Waals surface area contributed by atoms with E-state index in [1.165, 1.54) is 6.07 Å². The maximum Gasteiger partial charge on any atom is 0.548 e. The third kappa shape index (κ3) is 5.99. The third-order valence-electron chi connectivity index (χ3n) is 4.39. The number of rotatable bonds is 10. The number of anilines is 1. The standard InChI is InChI=1S/C17H27N3O5P/c1-3-14(7-8-19-9-11-24-12-10-19)18-16-6-5-15(26(23)25-4-2)13-17(16)20(21)22/h5-6,13-14,18H,3-4,7-12H2,1-2H3/q+1/t14-/m0/s1. The number of benzene rings is 1. The highest BCUT2D eigenvalue weighted by atomic mass is 31.1. The summed E-state index contributed by atoms with van der Waals surface area (Å²) in [6.07, 6.45) is 1.75. The summed E-state index contributed by atoms with van der Waals surface area (Å²) in [4.78, 5) is 13.3. The van der Waals surface area contributed by atoms with Crippen LogP contribution in [0.2, 0.25) is 0 Å². The van der Waals surface area contributed by atoms with Gasteiger partial charge in [0.2, 0.25) is 5.30 Å². The molecule has 2 atom stereocenters. The van der Waals surface area contributed by atoms with Gasteiger partial charge in [0.25, 0.3) is 5.69 Å². The van der Waals surface area contributed by atoms with Crippen molar-refractivity contribution in [2.75, 3.05) is 44.8 Å². The number of morpholine rings is 1. The molecule has 2 rings (SSSR count). The average Bonchev–Trinajstić information content (AvgIpc) is 2.66. The molecule has 0 radical (unpaired) electrons. The first-order chi connectivity index (χ1) is 12.5. The maximum atomic E-state index is 12.0. The highest BCUT2D eigenvalue weighted by molar-refractivity contribution is 7.48. The molecule has 144 valence electrons. The highest BCUT2D eigenvalue weighted by Gasteiger charge is 2.27. The van der Waals surface area contributed by atoms with E-state index in [2.05, 4.69) is 17.1 Å². The molecule has 1 fully saturated rings. The van der Waals surface area contributed by atoms with Crippen molar-refractivity contribution in [1.29, 1.82) is 0 Å². The molecule has 1 unspecified atom stereocenters. The zero-order valence-corrected chi connectivity index (χ0v) is 16.2. The van der Waals surface area contributed by atoms with E-state index in [1.54, 1.807) is 19.1 Å². The van der Waals surface area contributed by atoms with Crippen LogP contribution >= 0.6 is 8.03 Å². The number of hydrogen-bond donors (Lipinski definition) is 1. The first-order valence-corrected chi connectivity index (χ1v) is 10.2. The molecule has 1 saturated heterocycles. The van der Waals surface area contributed by atoms with Gasteiger partial charge in [0.05, 0.1) is 24.2 Å². The minimum atomic E-state index is -2.07. The van der Waals surface area contributed by atoms with Crippen LogP contribution in [-0.4, -0.2) is 55.3 Å². The second-order valence-electron chi connectivity index (χ2n) is 6.13. The minimum Gasteiger partial charge on any atom is -0.379 e. The van der Waals surface area contributed by atoms with Gasteiger partial charge < -0.3 is 10.1 Å². The number of ether oxygens (including phenoxy) is 1. The minimum absolute atomic E-state index is 0.0737. The van der Waals surface area contributed by atoms with Gasteiger partial charge in [-0.25, -0.2) is 0 Å². The molecular weight excluding hydrogens is 357 g/mol. The van der Waals surface area contributed by atoms with Gasteiger partial charge in [-0.3, -0.25) is 15.0 Å². The normalized spacial score (nSPS) is 16.9. The fourth-order valence-corrected chi connectivity index (χ4v) is 3.67. The molecule has 26 heavy (non-hydrogen) atoms. The Morgan fingerprint density at radius 2 is 2.12 bits per heavy atom. The van der Waals surface area contributed by atoms with Gasteiger partial charge in [-0.15, -0.1) is 4.52 Å². The molecule has 0 bridgehead atoms. The van der Waals surface area contributed by atoms with Crippen LogP contribution in [0.25, 0.3) is 0 Å². The van der Waals surface area contributed by atoms with E-state index in [-0.39, 0.29) is 11.7 Å². The van der Waals surface area contributed by atoms with E-state index < -0.39 is 13.0 Å². The van der Waals surface area contributed by atoms with Crippen molar-refractivity contribution in [3.63, 3.8) is 0 Å². The maximum absolute atomic E-state index is 12.0. The van der Waals surface area contributed by atoms with E-state index in [4.69, 9.17) is 9.26 Å². The van der Waals surface area contributed by atoms with Crippen LogP contribution in [0, 0.1) is 10.1 Å². The van der Waals surface area contributed by atoms with Crippen molar-refractivity contribution in [2.45, 2.75) is 32.7 Å². The summed E-state index contributed by atoms with van der Waals surface area (Å²) in [7, 11) is -2.07. The SMILES string of the molecule is CCO[P+](=O)c1ccc(N[C@@H](CC)CCN2CCOCC2)c([N+](=O)[O-])c1. The lowest BCUT2D eigenvalue weighted by molar-refractivity contribution is -0.383. The molecule has 1 aliphatic rings. The molecule has 1 aliphatic heterocycles. The Morgan fingerprint density at radius 1 is 1.38 bits per heavy atom. The van der Waals surface area contributed by atoms with Crippen molar-refractivity contribution in [3.05, 3.63) is 28.3 Å². The molecule has 0 amide bonds. The van der Waals surface area contributed by atoms with Crippen molar-refractivity contribution < 1.29 is 18.7 Å². The van der Waals surface area contributed by atoms with Crippen LogP contribution in [0.15, 0.2) is 18.2 Å². The Labute approximate surface area is 154 Å². The van der Waals surface area contributed by atoms with Gasteiger partial charge in [0, 0.05) is 25.7 Å². The topological polar surface area (TPSA) is 93.9 Å². The number of nitro groups is 1. The van der Waals surface area contributed by atoms with Crippen LogP contribution in [0.4, 0.5) is 11.4 Å². The second-order valence-corrected chi connectivity index (χ2v) is 7.41. The van der Waals surface area contributed by atoms with E-state index in [0.717, 1.165) is 45.7 Å². The summed E-state index contributed by atoms with van der Waals surface area (Å²) in [5.41, 5.74) is 0.378. The first-order valence-electron chi connectivity index (χ1n) is 9.00. The number of nitro benzene ring substituents is 1. The lowest BCUT2D eigenvalue weighted by Gasteiger charge is -2.28. The molecule has 9 heteroatoms. The average molecular weight is 384 g/mol. The van der Waals surface area contributed by atoms with Crippen LogP contribution in [-0.2, 0) is 13.8 Å². The zero-order chi connectivity index (χ0) is 18.9. The van der Waals surface area contributed by atoms with Crippen molar-refractivity contribution in [2.24, 2.45) is 0 Å². The van der Waals surface area contributed by atoms with E-state index in [1.807, 2.05) is 0 Å². The Kier molecular flexibility index (Phi) is 8.38. The van der Waals surface area contributed by atoms with Crippen molar-refractivity contribution >= 4 is 24.7 Å². The Bertz CT molecular complexity index is 622. The Hall–Kier alpha value is -1.60. The lowest BCUT2D eigenvalue weighted by Crippen LogP contribution is -2.38. The second kappa shape index (κ2) is 10.5. The third-order valence-corrected chi connectivity index (χ3v) is 5.58. The molecule has 8 nitrogen and oxygen atoms in total. The van der Waals surface area contributed by atoms with Gasteiger partial charge in [-0.2, -0.15) is 0 Å². The molecule has 1 aromatic rings. The number of hydrogen-bond acceptors (Lipinski definition) is 7. The first kappa shape index (κ1) is 20.7. The van der Waals surface area contributed by atoms with Gasteiger partial charge >= 0.3 is 8.03 Å². The van der Waals surface area contributed by atoms with Crippen molar-refractivity contribution in [1.82, 2.24) is 4.90 Å². The highest BCUT2D eigenvalue weighted by Crippen LogP contribution is 2.29. The van der Waals surface area contributed by atoms with Gasteiger partial charge in [0.15, 0.2) is 0 Å². The molecule has 0 aliphatic carbocycles. The predicted octanol–water partition coefficient (Wildman–Crippen LogP) is 2.91. The van der Waals surface area contributed by atoms with E-state index in [9.17, 15) is 14.7 Å². The summed E-state index contributed by atoms with van der Waals surface area (Å²) in [5.74, 6) is 0. The van der Waals surface area contributed by atoms with Crippen LogP contribution in [0.3, 0.4) is 0 Å². The fourth-order valence-electron chi connectivity index (χ4n) is 2.86. The zero-order valence-electron chi connectivity index (χ0n) is 15.3. The summed E-state index contributed by atoms with van der Waals surface area (Å²) >= 11 is 0. The van der Waals surface area contributed by atoms with Gasteiger partial charge in [0.1, 0.15) is 12.3 Å². The summed E-state index contributed by atoms with van der Waals surface area (Å²) in [6, 6.07) is 4.71. The Morgan fingerprint density at radius 3 is 2.73 bits per heavy atom. The number of nitrogens with one attached hydrogen (secondary N) is 1. The summed E-state index contributed by atoms with van der Waals surface area (Å²) in [6.45, 7) is 8.39. The van der Waals surface area contributed by atoms with E-state index in [0.29, 0.717) is 17.6 Å². The fraction of sp³-hybridized carbons (Fsp3) is 0.647. The molecule has 1 N–H and O–H groups in total. The lowest BCUT2D eigenvalue weighted by atomic mass is 10.1. The smallest absolute Gasteiger partial charge is 0.379 e. The van der Waals surface area contributed by atoms with Gasteiger partial charge in [-0.05, 0) is 36.5 Å². The summed E-state index contributed by atoms with van der Waals surface area (Å²) in [5, 5.41) is 15.1. The molecule has 1 aromatic carbocycles. The monoisotopic (exact) mass is 384 g/mol.